The van der Waals surface area contributed by atoms with Crippen LogP contribution in [0.4, 0.5) is 0 Å². The summed E-state index contributed by atoms with van der Waals surface area (Å²) in [7, 11) is 0. The number of nitrogens with zero attached hydrogens (tertiary/aromatic N) is 6. The maximum absolute atomic E-state index is 12.9. The molecule has 0 aliphatic carbocycles. The molecule has 2 aromatic carbocycles. The molecule has 1 aliphatic rings. The third-order valence-electron chi connectivity index (χ3n) is 5.52. The monoisotopic (exact) mass is 420 g/mol. The van der Waals surface area contributed by atoms with Crippen LogP contribution in [0, 0.1) is 6.92 Å². The van der Waals surface area contributed by atoms with Crippen LogP contribution in [-0.4, -0.2) is 62.1 Å². The van der Waals surface area contributed by atoms with E-state index in [4.69, 9.17) is 4.74 Å². The predicted molar refractivity (Wildman–Crippen MR) is 117 cm³/mol. The second-order valence-electron chi connectivity index (χ2n) is 7.78. The first-order valence-corrected chi connectivity index (χ1v) is 10.7. The minimum Gasteiger partial charge on any atom is -0.486 e. The smallest absolute Gasteiger partial charge is 0.253 e. The van der Waals surface area contributed by atoms with Crippen molar-refractivity contribution < 1.29 is 9.53 Å². The molecule has 8 heteroatoms. The summed E-state index contributed by atoms with van der Waals surface area (Å²) in [5.74, 6) is 1.42. The van der Waals surface area contributed by atoms with Crippen molar-refractivity contribution in [1.29, 1.82) is 0 Å². The number of carbonyl (C=O) groups excluding carboxylic acids is 1. The minimum atomic E-state index is 0.0664. The molecule has 1 fully saturated rings. The minimum absolute atomic E-state index is 0.0664. The lowest BCUT2D eigenvalue weighted by Gasteiger charge is -2.34. The standard InChI is InChI=1S/C23H28N6O2/c1-3-29-22(24-25-26-29)17-31-21-9-7-20(8-10-21)23(30)28-13-11-27(12-14-28)16-19-6-4-5-18(2)15-19/h4-10,15H,3,11-14,16-17H2,1-2H3. The summed E-state index contributed by atoms with van der Waals surface area (Å²) in [6.07, 6.45) is 0. The van der Waals surface area contributed by atoms with Gasteiger partial charge in [-0.05, 0) is 54.1 Å². The molecule has 0 spiro atoms. The van der Waals surface area contributed by atoms with Crippen molar-refractivity contribution in [3.05, 3.63) is 71.0 Å². The van der Waals surface area contributed by atoms with Gasteiger partial charge in [-0.25, -0.2) is 4.68 Å². The number of amides is 1. The van der Waals surface area contributed by atoms with Crippen molar-refractivity contribution in [3.63, 3.8) is 0 Å². The van der Waals surface area contributed by atoms with Crippen LogP contribution in [0.3, 0.4) is 0 Å². The van der Waals surface area contributed by atoms with E-state index in [0.29, 0.717) is 23.7 Å². The van der Waals surface area contributed by atoms with Crippen molar-refractivity contribution in [1.82, 2.24) is 30.0 Å². The largest absolute Gasteiger partial charge is 0.486 e. The summed E-state index contributed by atoms with van der Waals surface area (Å²) in [5, 5.41) is 11.5. The van der Waals surface area contributed by atoms with Gasteiger partial charge < -0.3 is 9.64 Å². The van der Waals surface area contributed by atoms with Crippen molar-refractivity contribution >= 4 is 5.91 Å². The Kier molecular flexibility index (Phi) is 6.57. The van der Waals surface area contributed by atoms with E-state index < -0.39 is 0 Å². The number of tetrazole rings is 1. The number of hydrogen-bond acceptors (Lipinski definition) is 6. The quantitative estimate of drug-likeness (QED) is 0.585. The molecule has 1 saturated heterocycles. The van der Waals surface area contributed by atoms with Crippen LogP contribution >= 0.6 is 0 Å². The Balaban J connectivity index is 1.27. The fraction of sp³-hybridized carbons (Fsp3) is 0.391. The Morgan fingerprint density at radius 2 is 1.84 bits per heavy atom. The molecule has 8 nitrogen and oxygen atoms in total. The number of rotatable bonds is 7. The third kappa shape index (κ3) is 5.27. The van der Waals surface area contributed by atoms with Crippen molar-refractivity contribution in [2.75, 3.05) is 26.2 Å². The zero-order valence-corrected chi connectivity index (χ0v) is 18.1. The van der Waals surface area contributed by atoms with E-state index in [1.54, 1.807) is 4.68 Å². The maximum Gasteiger partial charge on any atom is 0.253 e. The van der Waals surface area contributed by atoms with E-state index in [-0.39, 0.29) is 12.5 Å². The molecule has 31 heavy (non-hydrogen) atoms. The van der Waals surface area contributed by atoms with Gasteiger partial charge in [-0.15, -0.1) is 5.10 Å². The topological polar surface area (TPSA) is 76.4 Å². The van der Waals surface area contributed by atoms with E-state index in [1.807, 2.05) is 36.1 Å². The first-order chi connectivity index (χ1) is 15.1. The highest BCUT2D eigenvalue weighted by atomic mass is 16.5. The number of benzene rings is 2. The van der Waals surface area contributed by atoms with Gasteiger partial charge >= 0.3 is 0 Å². The number of hydrogen-bond donors (Lipinski definition) is 0. The van der Waals surface area contributed by atoms with Gasteiger partial charge in [0.25, 0.3) is 5.91 Å². The van der Waals surface area contributed by atoms with Gasteiger partial charge in [-0.3, -0.25) is 9.69 Å². The van der Waals surface area contributed by atoms with Crippen LogP contribution in [0.1, 0.15) is 34.2 Å². The zero-order valence-electron chi connectivity index (χ0n) is 18.1. The lowest BCUT2D eigenvalue weighted by atomic mass is 10.1. The number of ether oxygens (including phenoxy) is 1. The second kappa shape index (κ2) is 9.70. The van der Waals surface area contributed by atoms with Crippen LogP contribution in [0.25, 0.3) is 0 Å². The summed E-state index contributed by atoms with van der Waals surface area (Å²) in [5.41, 5.74) is 3.28. The van der Waals surface area contributed by atoms with Crippen LogP contribution in [-0.2, 0) is 19.7 Å². The SMILES string of the molecule is CCn1nnnc1COc1ccc(C(=O)N2CCN(Cc3cccc(C)c3)CC2)cc1. The van der Waals surface area contributed by atoms with Crippen molar-refractivity contribution in [2.45, 2.75) is 33.5 Å². The van der Waals surface area contributed by atoms with Crippen LogP contribution in [0.2, 0.25) is 0 Å². The van der Waals surface area contributed by atoms with Gasteiger partial charge in [0.05, 0.1) is 0 Å². The molecule has 1 aromatic heterocycles. The Bertz CT molecular complexity index is 1010. The molecule has 3 aromatic rings. The number of aromatic nitrogens is 4. The molecular weight excluding hydrogens is 392 g/mol. The fourth-order valence-electron chi connectivity index (χ4n) is 3.77. The van der Waals surface area contributed by atoms with Gasteiger partial charge in [0.1, 0.15) is 12.4 Å². The predicted octanol–water partition coefficient (Wildman–Crippen LogP) is 2.54. The molecule has 2 heterocycles. The highest BCUT2D eigenvalue weighted by Crippen LogP contribution is 2.17. The summed E-state index contributed by atoms with van der Waals surface area (Å²) in [6.45, 7) is 9.24. The van der Waals surface area contributed by atoms with Crippen molar-refractivity contribution in [2.24, 2.45) is 0 Å². The lowest BCUT2D eigenvalue weighted by Crippen LogP contribution is -2.48. The van der Waals surface area contributed by atoms with Crippen LogP contribution in [0.5, 0.6) is 5.75 Å². The Morgan fingerprint density at radius 3 is 2.55 bits per heavy atom. The zero-order chi connectivity index (χ0) is 21.6. The Hall–Kier alpha value is -3.26. The normalized spacial score (nSPS) is 14.6. The average molecular weight is 421 g/mol. The molecule has 162 valence electrons. The molecule has 0 radical (unpaired) electrons. The Morgan fingerprint density at radius 1 is 1.06 bits per heavy atom. The lowest BCUT2D eigenvalue weighted by molar-refractivity contribution is 0.0628. The number of carbonyl (C=O) groups is 1. The van der Waals surface area contributed by atoms with E-state index in [0.717, 1.165) is 32.7 Å². The van der Waals surface area contributed by atoms with Crippen molar-refractivity contribution in [3.8, 4) is 5.75 Å². The molecule has 1 aliphatic heterocycles. The fourth-order valence-corrected chi connectivity index (χ4v) is 3.77. The first-order valence-electron chi connectivity index (χ1n) is 10.7. The molecule has 4 rings (SSSR count). The van der Waals surface area contributed by atoms with E-state index >= 15 is 0 Å². The van der Waals surface area contributed by atoms with Gasteiger partial charge in [0, 0.05) is 44.8 Å². The molecule has 1 amide bonds. The molecule has 0 saturated carbocycles. The molecule has 0 atom stereocenters. The van der Waals surface area contributed by atoms with Gasteiger partial charge in [-0.1, -0.05) is 29.8 Å². The van der Waals surface area contributed by atoms with Crippen LogP contribution < -0.4 is 4.74 Å². The second-order valence-corrected chi connectivity index (χ2v) is 7.78. The van der Waals surface area contributed by atoms with Gasteiger partial charge in [0.15, 0.2) is 5.82 Å². The summed E-state index contributed by atoms with van der Waals surface area (Å²) in [6, 6.07) is 15.9. The van der Waals surface area contributed by atoms with E-state index in [1.165, 1.54) is 11.1 Å². The average Bonchev–Trinajstić information content (AvgIpc) is 3.26. The maximum atomic E-state index is 12.9. The molecular formula is C23H28N6O2. The highest BCUT2D eigenvalue weighted by molar-refractivity contribution is 5.94. The highest BCUT2D eigenvalue weighted by Gasteiger charge is 2.22. The summed E-state index contributed by atoms with van der Waals surface area (Å²) < 4.78 is 7.45. The molecule has 0 unspecified atom stereocenters. The summed E-state index contributed by atoms with van der Waals surface area (Å²) in [4.78, 5) is 17.2. The first kappa shape index (κ1) is 21.0. The number of piperazine rings is 1. The molecule has 0 N–H and O–H groups in total. The third-order valence-corrected chi connectivity index (χ3v) is 5.52. The Labute approximate surface area is 182 Å². The van der Waals surface area contributed by atoms with Gasteiger partial charge in [-0.2, -0.15) is 0 Å². The number of aryl methyl sites for hydroxylation is 2. The molecule has 0 bridgehead atoms. The van der Waals surface area contributed by atoms with E-state index in [9.17, 15) is 4.79 Å². The summed E-state index contributed by atoms with van der Waals surface area (Å²) >= 11 is 0. The van der Waals surface area contributed by atoms with E-state index in [2.05, 4.69) is 51.6 Å². The van der Waals surface area contributed by atoms with Crippen LogP contribution in [0.15, 0.2) is 48.5 Å². The van der Waals surface area contributed by atoms with Gasteiger partial charge in [0.2, 0.25) is 0 Å².